The first-order chi connectivity index (χ1) is 13.2. The van der Waals surface area contributed by atoms with Crippen LogP contribution in [0.15, 0.2) is 18.2 Å². The van der Waals surface area contributed by atoms with Gasteiger partial charge in [-0.1, -0.05) is 6.07 Å². The van der Waals surface area contributed by atoms with Gasteiger partial charge in [-0.3, -0.25) is 9.69 Å². The van der Waals surface area contributed by atoms with Crippen LogP contribution in [0.25, 0.3) is 0 Å². The molecule has 1 saturated heterocycles. The summed E-state index contributed by atoms with van der Waals surface area (Å²) < 4.78 is 0. The molecule has 1 saturated carbocycles. The van der Waals surface area contributed by atoms with Crippen molar-refractivity contribution in [2.24, 2.45) is 17.6 Å². The fourth-order valence-electron chi connectivity index (χ4n) is 4.62. The van der Waals surface area contributed by atoms with Crippen LogP contribution < -0.4 is 16.8 Å². The summed E-state index contributed by atoms with van der Waals surface area (Å²) in [4.78, 5) is 13.8. The molecular formula is C22H36N4O2. The van der Waals surface area contributed by atoms with E-state index in [0.717, 1.165) is 69.5 Å². The minimum absolute atomic E-state index is 0.0218. The third-order valence-corrected chi connectivity index (χ3v) is 6.60. The molecule has 0 unspecified atom stereocenters. The molecule has 2 aliphatic rings. The Hall–Kier alpha value is -1.79. The van der Waals surface area contributed by atoms with Gasteiger partial charge in [0.15, 0.2) is 0 Å². The number of nitrogen functional groups attached to an aromatic ring is 1. The number of carbonyl (C=O) groups is 1. The second kappa shape index (κ2) is 8.70. The largest absolute Gasteiger partial charge is 0.397 e. The highest BCUT2D eigenvalue weighted by Crippen LogP contribution is 2.31. The van der Waals surface area contributed by atoms with Crippen molar-refractivity contribution < 1.29 is 9.90 Å². The average molecular weight is 389 g/mol. The van der Waals surface area contributed by atoms with Gasteiger partial charge in [0.1, 0.15) is 0 Å². The Balaban J connectivity index is 1.55. The van der Waals surface area contributed by atoms with E-state index >= 15 is 0 Å². The fraction of sp³-hybridized carbons (Fsp3) is 0.682. The number of nitrogens with zero attached hydrogens (tertiary/aromatic N) is 1. The molecule has 6 heteroatoms. The zero-order valence-corrected chi connectivity index (χ0v) is 17.3. The van der Waals surface area contributed by atoms with Gasteiger partial charge in [0.05, 0.1) is 17.0 Å². The van der Waals surface area contributed by atoms with E-state index < -0.39 is 5.60 Å². The van der Waals surface area contributed by atoms with Gasteiger partial charge in [-0.05, 0) is 89.1 Å². The summed E-state index contributed by atoms with van der Waals surface area (Å²) in [6.45, 7) is 6.77. The van der Waals surface area contributed by atoms with E-state index in [4.69, 9.17) is 11.5 Å². The van der Waals surface area contributed by atoms with E-state index in [-0.39, 0.29) is 11.8 Å². The Morgan fingerprint density at radius 2 is 1.82 bits per heavy atom. The van der Waals surface area contributed by atoms with Crippen molar-refractivity contribution >= 4 is 17.3 Å². The molecular weight excluding hydrogens is 352 g/mol. The van der Waals surface area contributed by atoms with Crippen molar-refractivity contribution in [3.05, 3.63) is 23.8 Å². The fourth-order valence-corrected chi connectivity index (χ4v) is 4.62. The van der Waals surface area contributed by atoms with Crippen LogP contribution in [0.2, 0.25) is 0 Å². The molecule has 156 valence electrons. The maximum atomic E-state index is 11.3. The molecule has 2 fully saturated rings. The Labute approximate surface area is 168 Å². The van der Waals surface area contributed by atoms with Gasteiger partial charge >= 0.3 is 0 Å². The SMILES string of the molecule is CC(C)(O)C1CCN(Cc2ccc(N)c(NC3CCC(C(N)=O)CC3)c2)CC1. The number of hydrogen-bond donors (Lipinski definition) is 4. The van der Waals surface area contributed by atoms with Gasteiger partial charge in [0, 0.05) is 18.5 Å². The molecule has 6 N–H and O–H groups in total. The summed E-state index contributed by atoms with van der Waals surface area (Å²) >= 11 is 0. The number of primary amides is 1. The smallest absolute Gasteiger partial charge is 0.220 e. The quantitative estimate of drug-likeness (QED) is 0.561. The highest BCUT2D eigenvalue weighted by molar-refractivity contribution is 5.76. The standard InChI is InChI=1S/C22H36N4O2/c1-22(2,28)17-9-11-26(12-10-17)14-15-3-8-19(23)20(13-15)25-18-6-4-16(5-7-18)21(24)27/h3,8,13,16-18,25,28H,4-7,9-12,14,23H2,1-2H3,(H2,24,27). The Morgan fingerprint density at radius 3 is 2.39 bits per heavy atom. The number of piperidine rings is 1. The van der Waals surface area contributed by atoms with Gasteiger partial charge in [0.2, 0.25) is 5.91 Å². The molecule has 0 aromatic heterocycles. The van der Waals surface area contributed by atoms with E-state index in [1.165, 1.54) is 5.56 Å². The second-order valence-corrected chi connectivity index (χ2v) is 9.22. The zero-order valence-electron chi connectivity index (χ0n) is 17.3. The van der Waals surface area contributed by atoms with Crippen molar-refractivity contribution in [3.8, 4) is 0 Å². The number of benzene rings is 1. The van der Waals surface area contributed by atoms with Crippen molar-refractivity contribution in [1.29, 1.82) is 0 Å². The summed E-state index contributed by atoms with van der Waals surface area (Å²) in [5.41, 5.74) is 14.1. The van der Waals surface area contributed by atoms with Crippen molar-refractivity contribution in [3.63, 3.8) is 0 Å². The molecule has 1 aliphatic heterocycles. The van der Waals surface area contributed by atoms with E-state index in [1.54, 1.807) is 0 Å². The molecule has 1 aromatic carbocycles. The normalized spacial score (nSPS) is 24.8. The van der Waals surface area contributed by atoms with Crippen LogP contribution in [0.5, 0.6) is 0 Å². The molecule has 0 radical (unpaired) electrons. The number of likely N-dealkylation sites (tertiary alicyclic amines) is 1. The van der Waals surface area contributed by atoms with Gasteiger partial charge in [0.25, 0.3) is 0 Å². The van der Waals surface area contributed by atoms with E-state index in [1.807, 2.05) is 19.9 Å². The van der Waals surface area contributed by atoms with Crippen LogP contribution in [0.1, 0.15) is 57.9 Å². The Morgan fingerprint density at radius 1 is 1.18 bits per heavy atom. The maximum Gasteiger partial charge on any atom is 0.220 e. The predicted octanol–water partition coefficient (Wildman–Crippen LogP) is 2.71. The molecule has 1 aliphatic carbocycles. The summed E-state index contributed by atoms with van der Waals surface area (Å²) in [7, 11) is 0. The summed E-state index contributed by atoms with van der Waals surface area (Å²) in [5, 5.41) is 13.8. The first-order valence-corrected chi connectivity index (χ1v) is 10.6. The maximum absolute atomic E-state index is 11.3. The number of carbonyl (C=O) groups excluding carboxylic acids is 1. The Kier molecular flexibility index (Phi) is 6.50. The summed E-state index contributed by atoms with van der Waals surface area (Å²) in [6, 6.07) is 6.59. The minimum Gasteiger partial charge on any atom is -0.397 e. The van der Waals surface area contributed by atoms with E-state index in [0.29, 0.717) is 12.0 Å². The number of rotatable bonds is 6. The van der Waals surface area contributed by atoms with Crippen LogP contribution in [-0.4, -0.2) is 40.6 Å². The molecule has 3 rings (SSSR count). The third kappa shape index (κ3) is 5.39. The number of aliphatic hydroxyl groups is 1. The molecule has 28 heavy (non-hydrogen) atoms. The van der Waals surface area contributed by atoms with Gasteiger partial charge < -0.3 is 21.9 Å². The van der Waals surface area contributed by atoms with Crippen molar-refractivity contribution in [2.45, 2.75) is 70.6 Å². The highest BCUT2D eigenvalue weighted by atomic mass is 16.3. The topological polar surface area (TPSA) is 105 Å². The van der Waals surface area contributed by atoms with Crippen LogP contribution >= 0.6 is 0 Å². The van der Waals surface area contributed by atoms with Crippen LogP contribution in [0, 0.1) is 11.8 Å². The summed E-state index contributed by atoms with van der Waals surface area (Å²) in [6.07, 6.45) is 5.66. The predicted molar refractivity (Wildman–Crippen MR) is 114 cm³/mol. The number of nitrogens with two attached hydrogens (primary N) is 2. The minimum atomic E-state index is -0.585. The summed E-state index contributed by atoms with van der Waals surface area (Å²) in [5.74, 6) is 0.227. The third-order valence-electron chi connectivity index (χ3n) is 6.60. The molecule has 6 nitrogen and oxygen atoms in total. The molecule has 1 amide bonds. The molecule has 0 atom stereocenters. The monoisotopic (exact) mass is 388 g/mol. The van der Waals surface area contributed by atoms with Gasteiger partial charge in [-0.25, -0.2) is 0 Å². The van der Waals surface area contributed by atoms with Crippen molar-refractivity contribution in [2.75, 3.05) is 24.1 Å². The van der Waals surface area contributed by atoms with Crippen LogP contribution in [0.3, 0.4) is 0 Å². The lowest BCUT2D eigenvalue weighted by atomic mass is 9.83. The lowest BCUT2D eigenvalue weighted by Crippen LogP contribution is -2.41. The van der Waals surface area contributed by atoms with E-state index in [2.05, 4.69) is 22.3 Å². The number of nitrogens with one attached hydrogen (secondary N) is 1. The van der Waals surface area contributed by atoms with E-state index in [9.17, 15) is 9.90 Å². The van der Waals surface area contributed by atoms with Gasteiger partial charge in [-0.15, -0.1) is 0 Å². The van der Waals surface area contributed by atoms with Gasteiger partial charge in [-0.2, -0.15) is 0 Å². The Bertz CT molecular complexity index is 670. The highest BCUT2D eigenvalue weighted by Gasteiger charge is 2.30. The lowest BCUT2D eigenvalue weighted by Gasteiger charge is -2.37. The molecule has 1 heterocycles. The first kappa shape index (κ1) is 20.9. The number of anilines is 2. The second-order valence-electron chi connectivity index (χ2n) is 9.22. The number of amides is 1. The lowest BCUT2D eigenvalue weighted by molar-refractivity contribution is -0.122. The molecule has 1 aromatic rings. The van der Waals surface area contributed by atoms with Crippen LogP contribution in [-0.2, 0) is 11.3 Å². The molecule has 0 bridgehead atoms. The number of hydrogen-bond acceptors (Lipinski definition) is 5. The van der Waals surface area contributed by atoms with Crippen molar-refractivity contribution in [1.82, 2.24) is 4.90 Å². The van der Waals surface area contributed by atoms with Crippen LogP contribution in [0.4, 0.5) is 11.4 Å². The average Bonchev–Trinajstić information content (AvgIpc) is 2.64. The first-order valence-electron chi connectivity index (χ1n) is 10.6. The zero-order chi connectivity index (χ0) is 20.3. The molecule has 0 spiro atoms.